The molecule has 0 atom stereocenters. The van der Waals surface area contributed by atoms with E-state index in [2.05, 4.69) is 9.97 Å². The van der Waals surface area contributed by atoms with Crippen LogP contribution in [0.2, 0.25) is 0 Å². The lowest BCUT2D eigenvalue weighted by Gasteiger charge is -2.07. The Hall–Kier alpha value is -3.15. The zero-order valence-corrected chi connectivity index (χ0v) is 13.2. The van der Waals surface area contributed by atoms with Crippen molar-refractivity contribution >= 4 is 17.0 Å². The van der Waals surface area contributed by atoms with Crippen LogP contribution in [-0.4, -0.2) is 22.7 Å². The number of hydrogen-bond donors (Lipinski definition) is 0. The van der Waals surface area contributed by atoms with Gasteiger partial charge in [0.1, 0.15) is 5.75 Å². The van der Waals surface area contributed by atoms with E-state index in [9.17, 15) is 4.79 Å². The first kappa shape index (κ1) is 14.4. The molecule has 2 heterocycles. The van der Waals surface area contributed by atoms with Crippen molar-refractivity contribution in [2.75, 3.05) is 6.79 Å². The fraction of sp³-hybridized carbons (Fsp3) is 0.167. The predicted octanol–water partition coefficient (Wildman–Crippen LogP) is 3.19. The van der Waals surface area contributed by atoms with Crippen LogP contribution in [0.15, 0.2) is 36.4 Å². The summed E-state index contributed by atoms with van der Waals surface area (Å²) in [5, 5.41) is 0. The summed E-state index contributed by atoms with van der Waals surface area (Å²) in [6.45, 7) is 3.97. The molecule has 0 fully saturated rings. The van der Waals surface area contributed by atoms with Gasteiger partial charge in [-0.3, -0.25) is 0 Å². The molecule has 6 nitrogen and oxygen atoms in total. The fourth-order valence-electron chi connectivity index (χ4n) is 2.46. The zero-order chi connectivity index (χ0) is 16.7. The Balaban J connectivity index is 1.62. The lowest BCUT2D eigenvalue weighted by molar-refractivity contribution is 0.0734. The number of hydrogen-bond acceptors (Lipinski definition) is 6. The minimum atomic E-state index is -0.462. The van der Waals surface area contributed by atoms with Crippen molar-refractivity contribution in [3.63, 3.8) is 0 Å². The van der Waals surface area contributed by atoms with E-state index < -0.39 is 5.97 Å². The van der Waals surface area contributed by atoms with Crippen LogP contribution in [-0.2, 0) is 0 Å². The summed E-state index contributed by atoms with van der Waals surface area (Å²) in [7, 11) is 0. The van der Waals surface area contributed by atoms with E-state index in [1.807, 2.05) is 13.8 Å². The molecular formula is C18H14N2O4. The maximum Gasteiger partial charge on any atom is 0.343 e. The van der Waals surface area contributed by atoms with E-state index in [1.54, 1.807) is 36.4 Å². The standard InChI is InChI=1S/C18H14N2O4/c1-10-11(2)20-15-7-12(3-5-14(15)19-10)18(21)24-13-4-6-16-17(8-13)23-9-22-16/h3-8H,9H2,1-2H3. The molecule has 24 heavy (non-hydrogen) atoms. The lowest BCUT2D eigenvalue weighted by atomic mass is 10.2. The van der Waals surface area contributed by atoms with Crippen molar-refractivity contribution in [3.05, 3.63) is 53.3 Å². The minimum Gasteiger partial charge on any atom is -0.454 e. The maximum atomic E-state index is 12.4. The summed E-state index contributed by atoms with van der Waals surface area (Å²) in [6, 6.07) is 10.1. The van der Waals surface area contributed by atoms with Gasteiger partial charge in [-0.15, -0.1) is 0 Å². The van der Waals surface area contributed by atoms with Crippen LogP contribution in [0, 0.1) is 13.8 Å². The average Bonchev–Trinajstić information content (AvgIpc) is 3.03. The SMILES string of the molecule is Cc1nc2ccc(C(=O)Oc3ccc4c(c3)OCO4)cc2nc1C. The Labute approximate surface area is 138 Å². The summed E-state index contributed by atoms with van der Waals surface area (Å²) in [5.41, 5.74) is 3.54. The quantitative estimate of drug-likeness (QED) is 0.533. The Morgan fingerprint density at radius 3 is 2.54 bits per heavy atom. The van der Waals surface area contributed by atoms with Gasteiger partial charge in [-0.2, -0.15) is 0 Å². The first-order chi connectivity index (χ1) is 11.6. The average molecular weight is 322 g/mol. The van der Waals surface area contributed by atoms with E-state index in [0.717, 1.165) is 16.9 Å². The molecule has 4 rings (SSSR count). The molecule has 6 heteroatoms. The third-order valence-corrected chi connectivity index (χ3v) is 3.87. The molecule has 0 radical (unpaired) electrons. The van der Waals surface area contributed by atoms with Gasteiger partial charge in [-0.05, 0) is 44.2 Å². The van der Waals surface area contributed by atoms with Crippen molar-refractivity contribution in [3.8, 4) is 17.2 Å². The molecule has 0 saturated carbocycles. The lowest BCUT2D eigenvalue weighted by Crippen LogP contribution is -2.08. The Morgan fingerprint density at radius 1 is 0.958 bits per heavy atom. The van der Waals surface area contributed by atoms with E-state index in [4.69, 9.17) is 14.2 Å². The molecular weight excluding hydrogens is 308 g/mol. The van der Waals surface area contributed by atoms with E-state index in [0.29, 0.717) is 28.3 Å². The van der Waals surface area contributed by atoms with Gasteiger partial charge >= 0.3 is 5.97 Å². The van der Waals surface area contributed by atoms with Crippen molar-refractivity contribution in [1.82, 2.24) is 9.97 Å². The first-order valence-corrected chi connectivity index (χ1v) is 7.47. The van der Waals surface area contributed by atoms with Gasteiger partial charge in [0, 0.05) is 6.07 Å². The summed E-state index contributed by atoms with van der Waals surface area (Å²) >= 11 is 0. The van der Waals surface area contributed by atoms with Crippen molar-refractivity contribution in [1.29, 1.82) is 0 Å². The number of fused-ring (bicyclic) bond motifs is 2. The Kier molecular flexibility index (Phi) is 3.30. The number of aryl methyl sites for hydroxylation is 2. The van der Waals surface area contributed by atoms with Crippen molar-refractivity contribution in [2.24, 2.45) is 0 Å². The predicted molar refractivity (Wildman–Crippen MR) is 86.5 cm³/mol. The second kappa shape index (κ2) is 5.49. The molecule has 2 aromatic carbocycles. The van der Waals surface area contributed by atoms with Gasteiger partial charge < -0.3 is 14.2 Å². The highest BCUT2D eigenvalue weighted by molar-refractivity contribution is 5.94. The van der Waals surface area contributed by atoms with Crippen molar-refractivity contribution in [2.45, 2.75) is 13.8 Å². The number of nitrogens with zero attached hydrogens (tertiary/aromatic N) is 2. The highest BCUT2D eigenvalue weighted by Gasteiger charge is 2.16. The maximum absolute atomic E-state index is 12.4. The summed E-state index contributed by atoms with van der Waals surface area (Å²) < 4.78 is 15.9. The van der Waals surface area contributed by atoms with Crippen LogP contribution in [0.1, 0.15) is 21.7 Å². The van der Waals surface area contributed by atoms with Crippen LogP contribution in [0.25, 0.3) is 11.0 Å². The smallest absolute Gasteiger partial charge is 0.343 e. The molecule has 3 aromatic rings. The Bertz CT molecular complexity index is 969. The molecule has 1 aromatic heterocycles. The number of rotatable bonds is 2. The molecule has 0 N–H and O–H groups in total. The number of carbonyl (C=O) groups is 1. The molecule has 0 unspecified atom stereocenters. The Morgan fingerprint density at radius 2 is 1.71 bits per heavy atom. The number of benzene rings is 2. The van der Waals surface area contributed by atoms with E-state index in [-0.39, 0.29) is 6.79 Å². The third kappa shape index (κ3) is 2.52. The van der Waals surface area contributed by atoms with Gasteiger partial charge in [-0.25, -0.2) is 14.8 Å². The monoisotopic (exact) mass is 322 g/mol. The summed E-state index contributed by atoms with van der Waals surface area (Å²) in [6.07, 6.45) is 0. The van der Waals surface area contributed by atoms with Crippen LogP contribution in [0.5, 0.6) is 17.2 Å². The second-order valence-electron chi connectivity index (χ2n) is 5.50. The van der Waals surface area contributed by atoms with Crippen LogP contribution < -0.4 is 14.2 Å². The normalized spacial score (nSPS) is 12.4. The highest BCUT2D eigenvalue weighted by Crippen LogP contribution is 2.35. The number of carbonyl (C=O) groups excluding carboxylic acids is 1. The number of ether oxygens (including phenoxy) is 3. The van der Waals surface area contributed by atoms with Gasteiger partial charge in [0.2, 0.25) is 6.79 Å². The molecule has 0 aliphatic carbocycles. The van der Waals surface area contributed by atoms with E-state index in [1.165, 1.54) is 0 Å². The number of esters is 1. The largest absolute Gasteiger partial charge is 0.454 e. The highest BCUT2D eigenvalue weighted by atomic mass is 16.7. The molecule has 0 saturated heterocycles. The van der Waals surface area contributed by atoms with Crippen LogP contribution in [0.4, 0.5) is 0 Å². The van der Waals surface area contributed by atoms with E-state index >= 15 is 0 Å². The topological polar surface area (TPSA) is 70.5 Å². The molecule has 1 aliphatic heterocycles. The zero-order valence-electron chi connectivity index (χ0n) is 13.2. The molecule has 0 bridgehead atoms. The third-order valence-electron chi connectivity index (χ3n) is 3.87. The molecule has 120 valence electrons. The molecule has 0 spiro atoms. The van der Waals surface area contributed by atoms with Crippen LogP contribution >= 0.6 is 0 Å². The first-order valence-electron chi connectivity index (χ1n) is 7.47. The molecule has 0 amide bonds. The van der Waals surface area contributed by atoms with Gasteiger partial charge in [0.25, 0.3) is 0 Å². The summed E-state index contributed by atoms with van der Waals surface area (Å²) in [5.74, 6) is 1.14. The number of aromatic nitrogens is 2. The van der Waals surface area contributed by atoms with Gasteiger partial charge in [0.05, 0.1) is 28.0 Å². The van der Waals surface area contributed by atoms with Gasteiger partial charge in [-0.1, -0.05) is 0 Å². The van der Waals surface area contributed by atoms with Gasteiger partial charge in [0.15, 0.2) is 11.5 Å². The van der Waals surface area contributed by atoms with Crippen LogP contribution in [0.3, 0.4) is 0 Å². The summed E-state index contributed by atoms with van der Waals surface area (Å²) in [4.78, 5) is 21.3. The fourth-order valence-corrected chi connectivity index (χ4v) is 2.46. The second-order valence-corrected chi connectivity index (χ2v) is 5.50. The molecule has 1 aliphatic rings. The minimum absolute atomic E-state index is 0.175. The van der Waals surface area contributed by atoms with Crippen molar-refractivity contribution < 1.29 is 19.0 Å².